The van der Waals surface area contributed by atoms with E-state index >= 15 is 0 Å². The highest BCUT2D eigenvalue weighted by Crippen LogP contribution is 2.40. The van der Waals surface area contributed by atoms with Crippen LogP contribution >= 0.6 is 0 Å². The summed E-state index contributed by atoms with van der Waals surface area (Å²) < 4.78 is 7.65. The number of carbonyl (C=O) groups excluding carboxylic acids is 1. The molecule has 0 bridgehead atoms. The van der Waals surface area contributed by atoms with Crippen molar-refractivity contribution in [3.05, 3.63) is 108 Å². The third-order valence-electron chi connectivity index (χ3n) is 7.78. The van der Waals surface area contributed by atoms with Crippen LogP contribution in [0, 0.1) is 0 Å². The maximum atomic E-state index is 11.1. The van der Waals surface area contributed by atoms with E-state index in [0.29, 0.717) is 42.5 Å². The second-order valence-corrected chi connectivity index (χ2v) is 10.9. The molecule has 1 fully saturated rings. The fraction of sp³-hybridized carbons (Fsp3) is 0.290. The van der Waals surface area contributed by atoms with Crippen LogP contribution in [0.5, 0.6) is 0 Å². The van der Waals surface area contributed by atoms with Gasteiger partial charge in [-0.15, -0.1) is 5.10 Å². The summed E-state index contributed by atoms with van der Waals surface area (Å²) in [5.74, 6) is 0.589. The highest BCUT2D eigenvalue weighted by Gasteiger charge is 2.25. The first-order chi connectivity index (χ1) is 20.3. The van der Waals surface area contributed by atoms with Gasteiger partial charge in [-0.3, -0.25) is 9.48 Å². The first-order valence-corrected chi connectivity index (χ1v) is 13.9. The minimum atomic E-state index is 0.465. The van der Waals surface area contributed by atoms with Gasteiger partial charge in [0.1, 0.15) is 11.3 Å². The monoisotopic (exact) mass is 562 g/mol. The van der Waals surface area contributed by atoms with Crippen molar-refractivity contribution in [1.82, 2.24) is 49.0 Å². The normalized spacial score (nSPS) is 13.8. The van der Waals surface area contributed by atoms with Crippen LogP contribution in [0.4, 0.5) is 0 Å². The Kier molecular flexibility index (Phi) is 7.15. The van der Waals surface area contributed by atoms with Crippen LogP contribution in [0.1, 0.15) is 76.9 Å². The second-order valence-electron chi connectivity index (χ2n) is 10.9. The molecular formula is C31H34N10O. The number of hydrogen-bond donors (Lipinski definition) is 1. The number of nitrogens with zero attached hydrogens (tertiary/aromatic N) is 9. The van der Waals surface area contributed by atoms with Crippen LogP contribution in [0.25, 0.3) is 16.9 Å². The van der Waals surface area contributed by atoms with E-state index in [0.717, 1.165) is 45.7 Å². The van der Waals surface area contributed by atoms with Crippen LogP contribution in [-0.2, 0) is 26.7 Å². The Labute approximate surface area is 243 Å². The molecule has 6 rings (SSSR count). The second kappa shape index (κ2) is 11.1. The van der Waals surface area contributed by atoms with Gasteiger partial charge in [-0.2, -0.15) is 5.10 Å². The van der Waals surface area contributed by atoms with E-state index in [9.17, 15) is 4.79 Å². The molecule has 5 aromatic rings. The van der Waals surface area contributed by atoms with Crippen LogP contribution < -0.4 is 5.32 Å². The van der Waals surface area contributed by atoms with Crippen molar-refractivity contribution in [3.63, 3.8) is 0 Å². The molecule has 0 amide bonds. The van der Waals surface area contributed by atoms with Gasteiger partial charge in [0, 0.05) is 31.2 Å². The lowest BCUT2D eigenvalue weighted by molar-refractivity contribution is 0.112. The van der Waals surface area contributed by atoms with E-state index in [2.05, 4.69) is 62.5 Å². The molecule has 11 nitrogen and oxygen atoms in total. The number of aryl methyl sites for hydroxylation is 1. The Morgan fingerprint density at radius 2 is 1.98 bits per heavy atom. The number of fused-ring (bicyclic) bond motifs is 1. The summed E-state index contributed by atoms with van der Waals surface area (Å²) in [4.78, 5) is 20.6. The van der Waals surface area contributed by atoms with Gasteiger partial charge in [-0.1, -0.05) is 24.4 Å². The van der Waals surface area contributed by atoms with Gasteiger partial charge < -0.3 is 14.3 Å². The standard InChI is InChI=1S/C31H34N10O/c1-6-20(2)21(3)30-28(33-19-38(30)5)11-32-22(4)29-17-41(37-36-29)16-27-15-39-13-25(24-7-8-24)9-26(31(39)35-27)14-40-12-23(18-42)10-34-40/h6,9-10,12-13,15,17-19,24,32H,1,4,7-8,11,14,16H2,2-3,5H3/b21-20-. The zero-order chi connectivity index (χ0) is 29.4. The van der Waals surface area contributed by atoms with Crippen LogP contribution in [0.2, 0.25) is 0 Å². The van der Waals surface area contributed by atoms with Gasteiger partial charge in [0.25, 0.3) is 0 Å². The molecule has 0 saturated heterocycles. The molecule has 0 aliphatic heterocycles. The Hall–Kier alpha value is -5.06. The molecule has 1 saturated carbocycles. The number of pyridine rings is 1. The molecular weight excluding hydrogens is 528 g/mol. The summed E-state index contributed by atoms with van der Waals surface area (Å²) in [5.41, 5.74) is 10.2. The van der Waals surface area contributed by atoms with Crippen molar-refractivity contribution in [2.75, 3.05) is 0 Å². The summed E-state index contributed by atoms with van der Waals surface area (Å²) in [6, 6.07) is 2.22. The van der Waals surface area contributed by atoms with Crippen molar-refractivity contribution in [2.45, 2.75) is 52.2 Å². The molecule has 0 spiro atoms. The topological polar surface area (TPSA) is 113 Å². The summed E-state index contributed by atoms with van der Waals surface area (Å²) in [6.45, 7) is 13.7. The fourth-order valence-electron chi connectivity index (χ4n) is 5.17. The average Bonchev–Trinajstić information content (AvgIpc) is 3.30. The Morgan fingerprint density at radius 1 is 1.14 bits per heavy atom. The molecule has 0 unspecified atom stereocenters. The summed E-state index contributed by atoms with van der Waals surface area (Å²) >= 11 is 0. The van der Waals surface area contributed by atoms with Gasteiger partial charge >= 0.3 is 0 Å². The quantitative estimate of drug-likeness (QED) is 0.177. The smallest absolute Gasteiger partial charge is 0.153 e. The summed E-state index contributed by atoms with van der Waals surface area (Å²) in [6.07, 6.45) is 16.3. The van der Waals surface area contributed by atoms with Crippen molar-refractivity contribution >= 4 is 23.2 Å². The first-order valence-electron chi connectivity index (χ1n) is 13.9. The van der Waals surface area contributed by atoms with E-state index in [4.69, 9.17) is 4.98 Å². The first kappa shape index (κ1) is 27.1. The van der Waals surface area contributed by atoms with E-state index < -0.39 is 0 Å². The molecule has 0 radical (unpaired) electrons. The minimum Gasteiger partial charge on any atom is -0.378 e. The van der Waals surface area contributed by atoms with Crippen molar-refractivity contribution in [3.8, 4) is 0 Å². The number of aromatic nitrogens is 9. The van der Waals surface area contributed by atoms with E-state index in [1.54, 1.807) is 21.8 Å². The predicted molar refractivity (Wildman–Crippen MR) is 161 cm³/mol. The summed E-state index contributed by atoms with van der Waals surface area (Å²) in [5, 5.41) is 16.4. The number of allylic oxidation sites excluding steroid dienone is 3. The molecule has 5 heterocycles. The lowest BCUT2D eigenvalue weighted by atomic mass is 10.1. The molecule has 0 aromatic carbocycles. The third-order valence-corrected chi connectivity index (χ3v) is 7.78. The van der Waals surface area contributed by atoms with Crippen molar-refractivity contribution < 1.29 is 4.79 Å². The van der Waals surface area contributed by atoms with Crippen LogP contribution in [-0.4, -0.2) is 50.0 Å². The van der Waals surface area contributed by atoms with Gasteiger partial charge in [0.05, 0.1) is 66.7 Å². The predicted octanol–water partition coefficient (Wildman–Crippen LogP) is 4.38. The van der Waals surface area contributed by atoms with E-state index in [-0.39, 0.29) is 0 Å². The Balaban J connectivity index is 1.17. The lowest BCUT2D eigenvalue weighted by Gasteiger charge is -2.11. The number of aldehydes is 1. The van der Waals surface area contributed by atoms with Gasteiger partial charge in [0.15, 0.2) is 6.29 Å². The molecule has 5 aromatic heterocycles. The maximum absolute atomic E-state index is 11.1. The molecule has 0 atom stereocenters. The third kappa shape index (κ3) is 5.45. The highest BCUT2D eigenvalue weighted by atomic mass is 16.1. The van der Waals surface area contributed by atoms with Crippen molar-refractivity contribution in [1.29, 1.82) is 0 Å². The lowest BCUT2D eigenvalue weighted by Crippen LogP contribution is -2.13. The van der Waals surface area contributed by atoms with E-state index in [1.807, 2.05) is 43.3 Å². The molecule has 11 heteroatoms. The fourth-order valence-corrected chi connectivity index (χ4v) is 5.17. The van der Waals surface area contributed by atoms with Crippen molar-refractivity contribution in [2.24, 2.45) is 7.05 Å². The number of nitrogens with one attached hydrogen (secondary N) is 1. The van der Waals surface area contributed by atoms with E-state index in [1.165, 1.54) is 18.4 Å². The summed E-state index contributed by atoms with van der Waals surface area (Å²) in [7, 11) is 1.99. The zero-order valence-electron chi connectivity index (χ0n) is 24.2. The molecule has 42 heavy (non-hydrogen) atoms. The Morgan fingerprint density at radius 3 is 2.71 bits per heavy atom. The van der Waals surface area contributed by atoms with Crippen LogP contribution in [0.3, 0.4) is 0 Å². The number of carbonyl (C=O) groups is 1. The van der Waals surface area contributed by atoms with Gasteiger partial charge in [-0.05, 0) is 55.4 Å². The number of imidazole rings is 2. The molecule has 1 aliphatic carbocycles. The Bertz CT molecular complexity index is 1840. The zero-order valence-corrected chi connectivity index (χ0v) is 24.2. The van der Waals surface area contributed by atoms with Gasteiger partial charge in [0.2, 0.25) is 0 Å². The van der Waals surface area contributed by atoms with Gasteiger partial charge in [-0.25, -0.2) is 14.6 Å². The average molecular weight is 563 g/mol. The molecule has 1 N–H and O–H groups in total. The molecule has 214 valence electrons. The highest BCUT2D eigenvalue weighted by molar-refractivity contribution is 5.73. The molecule has 1 aliphatic rings. The van der Waals surface area contributed by atoms with Crippen LogP contribution in [0.15, 0.2) is 68.2 Å². The number of hydrogen-bond acceptors (Lipinski definition) is 7. The maximum Gasteiger partial charge on any atom is 0.153 e. The number of rotatable bonds is 12. The SMILES string of the molecule is C=C/C(C)=C(/C)c1c(CNC(=C)c2cn(Cc3cn4cc(C5CC5)cc(Cn5cc(C=O)cn5)c4n3)nn2)ncn1C. The largest absolute Gasteiger partial charge is 0.378 e. The minimum absolute atomic E-state index is 0.465.